The van der Waals surface area contributed by atoms with Crippen molar-refractivity contribution in [2.45, 2.75) is 13.0 Å². The molecule has 0 unspecified atom stereocenters. The van der Waals surface area contributed by atoms with Crippen LogP contribution in [-0.4, -0.2) is 17.7 Å². The van der Waals surface area contributed by atoms with E-state index in [9.17, 15) is 4.79 Å². The summed E-state index contributed by atoms with van der Waals surface area (Å²) in [4.78, 5) is 14.9. The molecule has 4 heteroatoms. The van der Waals surface area contributed by atoms with Gasteiger partial charge in [-0.05, 0) is 24.6 Å². The quantitative estimate of drug-likeness (QED) is 0.702. The standard InChI is InChI=1S/C9H10N2O2/c1-6-2-3-10-7(4-6)8-5-13-9(12)11-8/h2-4,8H,5H2,1H3,(H,11,12)/t8-/m1/s1. The molecule has 1 aromatic heterocycles. The Morgan fingerprint density at radius 2 is 2.54 bits per heavy atom. The molecule has 0 radical (unpaired) electrons. The van der Waals surface area contributed by atoms with Gasteiger partial charge in [-0.1, -0.05) is 0 Å². The van der Waals surface area contributed by atoms with Crippen LogP contribution in [0.1, 0.15) is 17.3 Å². The van der Waals surface area contributed by atoms with Gasteiger partial charge in [0.1, 0.15) is 12.6 Å². The lowest BCUT2D eigenvalue weighted by molar-refractivity contribution is 0.177. The fraction of sp³-hybridized carbons (Fsp3) is 0.333. The topological polar surface area (TPSA) is 51.2 Å². The Morgan fingerprint density at radius 3 is 3.15 bits per heavy atom. The normalized spacial score (nSPS) is 21.0. The Balaban J connectivity index is 2.21. The van der Waals surface area contributed by atoms with Crippen molar-refractivity contribution in [2.24, 2.45) is 0 Å². The van der Waals surface area contributed by atoms with Gasteiger partial charge in [-0.25, -0.2) is 4.79 Å². The van der Waals surface area contributed by atoms with Gasteiger partial charge in [-0.15, -0.1) is 0 Å². The Hall–Kier alpha value is -1.58. The molecule has 1 aliphatic rings. The molecular weight excluding hydrogens is 168 g/mol. The van der Waals surface area contributed by atoms with Crippen LogP contribution in [0, 0.1) is 6.92 Å². The van der Waals surface area contributed by atoms with Crippen LogP contribution in [0.4, 0.5) is 4.79 Å². The Bertz CT molecular complexity index is 338. The number of hydrogen-bond donors (Lipinski definition) is 1. The fourth-order valence-electron chi connectivity index (χ4n) is 1.29. The molecule has 0 saturated carbocycles. The van der Waals surface area contributed by atoms with Crippen LogP contribution in [0.5, 0.6) is 0 Å². The predicted molar refractivity (Wildman–Crippen MR) is 46.2 cm³/mol. The third kappa shape index (κ3) is 1.61. The summed E-state index contributed by atoms with van der Waals surface area (Å²) in [5.41, 5.74) is 1.98. The number of rotatable bonds is 1. The highest BCUT2D eigenvalue weighted by molar-refractivity contribution is 5.69. The third-order valence-electron chi connectivity index (χ3n) is 1.97. The van der Waals surface area contributed by atoms with E-state index in [1.165, 1.54) is 0 Å². The third-order valence-corrected chi connectivity index (χ3v) is 1.97. The van der Waals surface area contributed by atoms with Gasteiger partial charge in [-0.3, -0.25) is 4.98 Å². The molecule has 2 rings (SSSR count). The second kappa shape index (κ2) is 3.05. The van der Waals surface area contributed by atoms with Crippen LogP contribution in [0.3, 0.4) is 0 Å². The molecule has 1 aromatic rings. The lowest BCUT2D eigenvalue weighted by Gasteiger charge is -2.06. The molecule has 1 amide bonds. The van der Waals surface area contributed by atoms with Crippen molar-refractivity contribution < 1.29 is 9.53 Å². The summed E-state index contributed by atoms with van der Waals surface area (Å²) < 4.78 is 4.77. The van der Waals surface area contributed by atoms with Crippen molar-refractivity contribution in [1.29, 1.82) is 0 Å². The first-order chi connectivity index (χ1) is 6.25. The van der Waals surface area contributed by atoms with Crippen LogP contribution >= 0.6 is 0 Å². The molecule has 1 N–H and O–H groups in total. The minimum atomic E-state index is -0.367. The van der Waals surface area contributed by atoms with Gasteiger partial charge in [0.15, 0.2) is 0 Å². The van der Waals surface area contributed by atoms with E-state index in [2.05, 4.69) is 10.3 Å². The van der Waals surface area contributed by atoms with Crippen LogP contribution in [0.15, 0.2) is 18.3 Å². The number of carbonyl (C=O) groups is 1. The molecule has 1 fully saturated rings. The van der Waals surface area contributed by atoms with Crippen LogP contribution in [0.2, 0.25) is 0 Å². The molecule has 1 atom stereocenters. The lowest BCUT2D eigenvalue weighted by atomic mass is 10.1. The number of nitrogens with one attached hydrogen (secondary N) is 1. The van der Waals surface area contributed by atoms with Gasteiger partial charge in [0.2, 0.25) is 0 Å². The van der Waals surface area contributed by atoms with E-state index in [-0.39, 0.29) is 12.1 Å². The van der Waals surface area contributed by atoms with Gasteiger partial charge < -0.3 is 10.1 Å². The number of alkyl carbamates (subject to hydrolysis) is 1. The number of ether oxygens (including phenoxy) is 1. The Morgan fingerprint density at radius 1 is 1.69 bits per heavy atom. The highest BCUT2D eigenvalue weighted by atomic mass is 16.6. The van der Waals surface area contributed by atoms with E-state index >= 15 is 0 Å². The average Bonchev–Trinajstić information content (AvgIpc) is 2.52. The first kappa shape index (κ1) is 8.04. The zero-order valence-electron chi connectivity index (χ0n) is 7.28. The van der Waals surface area contributed by atoms with Gasteiger partial charge >= 0.3 is 6.09 Å². The molecule has 0 aliphatic carbocycles. The fourth-order valence-corrected chi connectivity index (χ4v) is 1.29. The van der Waals surface area contributed by atoms with E-state index in [0.717, 1.165) is 11.3 Å². The Labute approximate surface area is 75.9 Å². The smallest absolute Gasteiger partial charge is 0.407 e. The summed E-state index contributed by atoms with van der Waals surface area (Å²) in [6.45, 7) is 2.36. The summed E-state index contributed by atoms with van der Waals surface area (Å²) in [6.07, 6.45) is 1.36. The molecule has 0 aromatic carbocycles. The molecule has 13 heavy (non-hydrogen) atoms. The second-order valence-corrected chi connectivity index (χ2v) is 3.05. The van der Waals surface area contributed by atoms with Gasteiger partial charge in [0.05, 0.1) is 5.69 Å². The van der Waals surface area contributed by atoms with Crippen LogP contribution in [0.25, 0.3) is 0 Å². The number of carbonyl (C=O) groups excluding carboxylic acids is 1. The molecule has 2 heterocycles. The van der Waals surface area contributed by atoms with Crippen molar-refractivity contribution in [3.63, 3.8) is 0 Å². The number of amides is 1. The zero-order chi connectivity index (χ0) is 9.26. The Kier molecular flexibility index (Phi) is 1.88. The molecular formula is C9H10N2O2. The summed E-state index contributed by atoms with van der Waals surface area (Å²) in [5, 5.41) is 2.67. The van der Waals surface area contributed by atoms with E-state index in [0.29, 0.717) is 6.61 Å². The SMILES string of the molecule is Cc1ccnc([C@H]2COC(=O)N2)c1. The van der Waals surface area contributed by atoms with Crippen molar-refractivity contribution in [2.75, 3.05) is 6.61 Å². The molecule has 1 aliphatic heterocycles. The zero-order valence-corrected chi connectivity index (χ0v) is 7.28. The van der Waals surface area contributed by atoms with Crippen LogP contribution < -0.4 is 5.32 Å². The largest absolute Gasteiger partial charge is 0.447 e. The van der Waals surface area contributed by atoms with Crippen LogP contribution in [-0.2, 0) is 4.74 Å². The van der Waals surface area contributed by atoms with Crippen molar-refractivity contribution in [3.8, 4) is 0 Å². The number of cyclic esters (lactones) is 1. The van der Waals surface area contributed by atoms with Crippen molar-refractivity contribution in [1.82, 2.24) is 10.3 Å². The maximum atomic E-state index is 10.8. The van der Waals surface area contributed by atoms with E-state index in [4.69, 9.17) is 4.74 Å². The molecule has 0 spiro atoms. The predicted octanol–water partition coefficient (Wildman–Crippen LogP) is 1.17. The maximum Gasteiger partial charge on any atom is 0.407 e. The second-order valence-electron chi connectivity index (χ2n) is 3.05. The summed E-state index contributed by atoms with van der Waals surface area (Å²) in [7, 11) is 0. The minimum Gasteiger partial charge on any atom is -0.447 e. The number of nitrogens with zero attached hydrogens (tertiary/aromatic N) is 1. The molecule has 1 saturated heterocycles. The highest BCUT2D eigenvalue weighted by Gasteiger charge is 2.24. The van der Waals surface area contributed by atoms with E-state index in [1.54, 1.807) is 6.20 Å². The number of pyridine rings is 1. The maximum absolute atomic E-state index is 10.8. The molecule has 68 valence electrons. The summed E-state index contributed by atoms with van der Waals surface area (Å²) in [6, 6.07) is 3.77. The van der Waals surface area contributed by atoms with E-state index in [1.807, 2.05) is 19.1 Å². The highest BCUT2D eigenvalue weighted by Crippen LogP contribution is 2.16. The molecule has 4 nitrogen and oxygen atoms in total. The van der Waals surface area contributed by atoms with Gasteiger partial charge in [-0.2, -0.15) is 0 Å². The van der Waals surface area contributed by atoms with E-state index < -0.39 is 0 Å². The average molecular weight is 178 g/mol. The number of hydrogen-bond acceptors (Lipinski definition) is 3. The van der Waals surface area contributed by atoms with Crippen molar-refractivity contribution in [3.05, 3.63) is 29.6 Å². The molecule has 0 bridgehead atoms. The first-order valence-corrected chi connectivity index (χ1v) is 4.11. The lowest BCUT2D eigenvalue weighted by Crippen LogP contribution is -2.19. The summed E-state index contributed by atoms with van der Waals surface area (Å²) >= 11 is 0. The number of aryl methyl sites for hydroxylation is 1. The number of aromatic nitrogens is 1. The minimum absolute atomic E-state index is 0.0904. The first-order valence-electron chi connectivity index (χ1n) is 4.11. The van der Waals surface area contributed by atoms with Gasteiger partial charge in [0.25, 0.3) is 0 Å². The van der Waals surface area contributed by atoms with Crippen molar-refractivity contribution >= 4 is 6.09 Å². The summed E-state index contributed by atoms with van der Waals surface area (Å²) in [5.74, 6) is 0. The monoisotopic (exact) mass is 178 g/mol. The van der Waals surface area contributed by atoms with Gasteiger partial charge in [0, 0.05) is 6.20 Å².